The van der Waals surface area contributed by atoms with Gasteiger partial charge in [-0.2, -0.15) is 0 Å². The topological polar surface area (TPSA) is 40.5 Å². The number of nitrogens with zero attached hydrogens (tertiary/aromatic N) is 1. The number of unbranched alkanes of at least 4 members (excludes halogenated alkanes) is 1. The number of carbonyl (C=O) groups is 1. The summed E-state index contributed by atoms with van der Waals surface area (Å²) < 4.78 is 0. The number of carbonyl (C=O) groups excluding carboxylic acids is 1. The summed E-state index contributed by atoms with van der Waals surface area (Å²) in [5, 5.41) is 9.47. The Hall–Kier alpha value is -1.51. The average molecular weight is 293 g/mol. The quantitative estimate of drug-likeness (QED) is 0.382. The molecule has 0 rings (SSSR count). The van der Waals surface area contributed by atoms with Crippen LogP contribution >= 0.6 is 0 Å². The average Bonchev–Trinajstić information content (AvgIpc) is 2.48. The SMILES string of the molecule is C/C=C(O)\C=C/C(C)/C(=C\CC)CC(=O)N(C)CCCC. The first-order valence-electron chi connectivity index (χ1n) is 7.92. The number of rotatable bonds is 9. The maximum absolute atomic E-state index is 12.2. The van der Waals surface area contributed by atoms with Crippen LogP contribution in [-0.4, -0.2) is 29.5 Å². The fourth-order valence-electron chi connectivity index (χ4n) is 1.97. The summed E-state index contributed by atoms with van der Waals surface area (Å²) in [6.45, 7) is 8.87. The second-order valence-corrected chi connectivity index (χ2v) is 5.39. The molecule has 120 valence electrons. The van der Waals surface area contributed by atoms with Crippen LogP contribution < -0.4 is 0 Å². The molecule has 1 atom stereocenters. The van der Waals surface area contributed by atoms with E-state index in [9.17, 15) is 9.90 Å². The third kappa shape index (κ3) is 8.38. The highest BCUT2D eigenvalue weighted by atomic mass is 16.3. The van der Waals surface area contributed by atoms with Gasteiger partial charge < -0.3 is 10.0 Å². The molecule has 1 unspecified atom stereocenters. The van der Waals surface area contributed by atoms with Gasteiger partial charge in [0.05, 0.1) is 0 Å². The minimum absolute atomic E-state index is 0.149. The molecule has 1 amide bonds. The number of aliphatic hydroxyl groups is 1. The molecule has 1 N–H and O–H groups in total. The third-order valence-corrected chi connectivity index (χ3v) is 3.53. The van der Waals surface area contributed by atoms with Crippen LogP contribution in [0.4, 0.5) is 0 Å². The summed E-state index contributed by atoms with van der Waals surface area (Å²) in [6, 6.07) is 0. The molecular weight excluding hydrogens is 262 g/mol. The lowest BCUT2D eigenvalue weighted by atomic mass is 9.95. The Morgan fingerprint density at radius 2 is 2.00 bits per heavy atom. The molecule has 3 heteroatoms. The van der Waals surface area contributed by atoms with Crippen molar-refractivity contribution in [3.05, 3.63) is 35.6 Å². The predicted octanol–water partition coefficient (Wildman–Crippen LogP) is 4.63. The van der Waals surface area contributed by atoms with Crippen LogP contribution in [0.1, 0.15) is 53.4 Å². The van der Waals surface area contributed by atoms with Crippen molar-refractivity contribution in [2.24, 2.45) is 5.92 Å². The minimum atomic E-state index is 0.149. The highest BCUT2D eigenvalue weighted by Gasteiger charge is 2.14. The maximum Gasteiger partial charge on any atom is 0.226 e. The van der Waals surface area contributed by atoms with Crippen LogP contribution in [-0.2, 0) is 4.79 Å². The number of aliphatic hydroxyl groups excluding tert-OH is 1. The van der Waals surface area contributed by atoms with E-state index in [2.05, 4.69) is 26.8 Å². The van der Waals surface area contributed by atoms with E-state index in [0.717, 1.165) is 31.4 Å². The van der Waals surface area contributed by atoms with Crippen molar-refractivity contribution < 1.29 is 9.90 Å². The number of amides is 1. The zero-order valence-corrected chi connectivity index (χ0v) is 14.2. The van der Waals surface area contributed by atoms with Gasteiger partial charge in [0.2, 0.25) is 5.91 Å². The van der Waals surface area contributed by atoms with Gasteiger partial charge in [-0.15, -0.1) is 0 Å². The van der Waals surface area contributed by atoms with Gasteiger partial charge in [0, 0.05) is 20.0 Å². The summed E-state index contributed by atoms with van der Waals surface area (Å²) >= 11 is 0. The summed E-state index contributed by atoms with van der Waals surface area (Å²) in [7, 11) is 1.87. The maximum atomic E-state index is 12.2. The van der Waals surface area contributed by atoms with Gasteiger partial charge in [-0.1, -0.05) is 44.9 Å². The zero-order chi connectivity index (χ0) is 16.3. The molecule has 0 aromatic heterocycles. The molecule has 0 aromatic carbocycles. The summed E-state index contributed by atoms with van der Waals surface area (Å²) in [6.07, 6.45) is 10.9. The Morgan fingerprint density at radius 3 is 2.52 bits per heavy atom. The molecule has 0 aliphatic carbocycles. The Labute approximate surface area is 130 Å². The van der Waals surface area contributed by atoms with Gasteiger partial charge >= 0.3 is 0 Å². The molecule has 0 fully saturated rings. The standard InChI is InChI=1S/C18H31NO2/c1-6-9-13-19(5)18(21)14-16(10-7-2)15(4)11-12-17(20)8-3/h8,10-12,15,20H,6-7,9,13-14H2,1-5H3/b12-11-,16-10-,17-8+. The monoisotopic (exact) mass is 293 g/mol. The number of hydrogen-bond donors (Lipinski definition) is 1. The van der Waals surface area contributed by atoms with Crippen molar-refractivity contribution in [2.75, 3.05) is 13.6 Å². The second-order valence-electron chi connectivity index (χ2n) is 5.39. The molecule has 0 aliphatic rings. The smallest absolute Gasteiger partial charge is 0.226 e. The largest absolute Gasteiger partial charge is 0.508 e. The first kappa shape index (κ1) is 19.5. The lowest BCUT2D eigenvalue weighted by molar-refractivity contribution is -0.129. The van der Waals surface area contributed by atoms with Crippen LogP contribution in [0.25, 0.3) is 0 Å². The summed E-state index contributed by atoms with van der Waals surface area (Å²) in [5.74, 6) is 0.568. The Kier molecular flexibility index (Phi) is 10.4. The minimum Gasteiger partial charge on any atom is -0.508 e. The molecule has 0 radical (unpaired) electrons. The highest BCUT2D eigenvalue weighted by molar-refractivity contribution is 5.78. The summed E-state index contributed by atoms with van der Waals surface area (Å²) in [5.41, 5.74) is 1.12. The molecular formula is C18H31NO2. The van der Waals surface area contributed by atoms with E-state index in [4.69, 9.17) is 0 Å². The normalized spacial score (nSPS) is 14.5. The molecule has 0 aliphatic heterocycles. The highest BCUT2D eigenvalue weighted by Crippen LogP contribution is 2.19. The van der Waals surface area contributed by atoms with E-state index in [1.807, 2.05) is 18.0 Å². The lowest BCUT2D eigenvalue weighted by Gasteiger charge is -2.19. The van der Waals surface area contributed by atoms with Crippen LogP contribution in [0.5, 0.6) is 0 Å². The van der Waals surface area contributed by atoms with Crippen molar-refractivity contribution in [3.8, 4) is 0 Å². The molecule has 0 aromatic rings. The number of allylic oxidation sites excluding steroid dienone is 4. The van der Waals surface area contributed by atoms with Crippen molar-refractivity contribution in [1.82, 2.24) is 4.90 Å². The van der Waals surface area contributed by atoms with Crippen molar-refractivity contribution in [3.63, 3.8) is 0 Å². The van der Waals surface area contributed by atoms with E-state index in [1.165, 1.54) is 0 Å². The third-order valence-electron chi connectivity index (χ3n) is 3.53. The van der Waals surface area contributed by atoms with E-state index in [0.29, 0.717) is 6.42 Å². The van der Waals surface area contributed by atoms with E-state index < -0.39 is 0 Å². The second kappa shape index (κ2) is 11.2. The van der Waals surface area contributed by atoms with E-state index >= 15 is 0 Å². The molecule has 0 bridgehead atoms. The molecule has 0 heterocycles. The van der Waals surface area contributed by atoms with Gasteiger partial charge in [0.15, 0.2) is 0 Å². The lowest BCUT2D eigenvalue weighted by Crippen LogP contribution is -2.28. The van der Waals surface area contributed by atoms with Crippen LogP contribution in [0.3, 0.4) is 0 Å². The van der Waals surface area contributed by atoms with Crippen LogP contribution in [0.2, 0.25) is 0 Å². The molecule has 0 saturated heterocycles. The van der Waals surface area contributed by atoms with Gasteiger partial charge in [-0.05, 0) is 37.8 Å². The van der Waals surface area contributed by atoms with Gasteiger partial charge in [-0.3, -0.25) is 4.79 Å². The molecule has 3 nitrogen and oxygen atoms in total. The van der Waals surface area contributed by atoms with Crippen molar-refractivity contribution in [2.45, 2.75) is 53.4 Å². The first-order chi connectivity index (χ1) is 9.96. The molecule has 0 saturated carbocycles. The predicted molar refractivity (Wildman–Crippen MR) is 90.2 cm³/mol. The molecule has 21 heavy (non-hydrogen) atoms. The fourth-order valence-corrected chi connectivity index (χ4v) is 1.97. The van der Waals surface area contributed by atoms with Crippen molar-refractivity contribution in [1.29, 1.82) is 0 Å². The number of hydrogen-bond acceptors (Lipinski definition) is 2. The zero-order valence-electron chi connectivity index (χ0n) is 14.2. The van der Waals surface area contributed by atoms with Crippen LogP contribution in [0, 0.1) is 5.92 Å². The van der Waals surface area contributed by atoms with Gasteiger partial charge in [-0.25, -0.2) is 0 Å². The van der Waals surface area contributed by atoms with Gasteiger partial charge in [0.1, 0.15) is 5.76 Å². The Balaban J connectivity index is 4.73. The van der Waals surface area contributed by atoms with Crippen molar-refractivity contribution >= 4 is 5.91 Å². The van der Waals surface area contributed by atoms with Crippen LogP contribution in [0.15, 0.2) is 35.6 Å². The Bertz CT molecular complexity index is 394. The first-order valence-corrected chi connectivity index (χ1v) is 7.92. The fraction of sp³-hybridized carbons (Fsp3) is 0.611. The molecule has 0 spiro atoms. The van der Waals surface area contributed by atoms with E-state index in [-0.39, 0.29) is 17.6 Å². The summed E-state index contributed by atoms with van der Waals surface area (Å²) in [4.78, 5) is 14.0. The van der Waals surface area contributed by atoms with E-state index in [1.54, 1.807) is 19.1 Å². The van der Waals surface area contributed by atoms with Gasteiger partial charge in [0.25, 0.3) is 0 Å². The Morgan fingerprint density at radius 1 is 1.33 bits per heavy atom.